The Kier molecular flexibility index (Phi) is 10.3. The second-order valence-electron chi connectivity index (χ2n) is 19.3. The van der Waals surface area contributed by atoms with Crippen LogP contribution < -0.4 is 10.6 Å². The van der Waals surface area contributed by atoms with Crippen LogP contribution in [0.5, 0.6) is 0 Å². The Morgan fingerprint density at radius 1 is 0.755 bits per heavy atom. The highest BCUT2D eigenvalue weighted by Crippen LogP contribution is 2.74. The van der Waals surface area contributed by atoms with Crippen LogP contribution in [-0.4, -0.2) is 80.5 Å². The summed E-state index contributed by atoms with van der Waals surface area (Å²) in [4.78, 5) is 26.1. The Labute approximate surface area is 296 Å². The molecule has 3 N–H and O–H groups in total. The van der Waals surface area contributed by atoms with Crippen LogP contribution >= 0.6 is 0 Å². The Balaban J connectivity index is 1.04. The van der Waals surface area contributed by atoms with Gasteiger partial charge < -0.3 is 34.7 Å². The zero-order valence-electron chi connectivity index (χ0n) is 32.0. The predicted octanol–water partition coefficient (Wildman–Crippen LogP) is 6.50. The molecular weight excluding hydrogens is 620 g/mol. The van der Waals surface area contributed by atoms with E-state index in [2.05, 4.69) is 45.3 Å². The highest BCUT2D eigenvalue weighted by Gasteiger charge is 2.70. The highest BCUT2D eigenvalue weighted by molar-refractivity contribution is 5.83. The fourth-order valence-corrected chi connectivity index (χ4v) is 12.9. The number of aliphatic hydroxyl groups is 1. The molecule has 5 aliphatic carbocycles. The van der Waals surface area contributed by atoms with Crippen LogP contribution in [0.2, 0.25) is 0 Å². The van der Waals surface area contributed by atoms with Crippen LogP contribution in [-0.2, 0) is 23.7 Å². The van der Waals surface area contributed by atoms with Crippen molar-refractivity contribution in [1.82, 2.24) is 10.6 Å². The lowest BCUT2D eigenvalue weighted by Gasteiger charge is -2.69. The highest BCUT2D eigenvalue weighted by atomic mass is 16.6. The van der Waals surface area contributed by atoms with Gasteiger partial charge in [-0.15, -0.1) is 0 Å². The van der Waals surface area contributed by atoms with Crippen molar-refractivity contribution in [1.29, 1.82) is 0 Å². The summed E-state index contributed by atoms with van der Waals surface area (Å²) in [5.41, 5.74) is -0.384. The third kappa shape index (κ3) is 6.81. The van der Waals surface area contributed by atoms with Gasteiger partial charge in [0, 0.05) is 13.1 Å². The number of carbonyl (C=O) groups excluding carboxylic acids is 2. The van der Waals surface area contributed by atoms with Gasteiger partial charge >= 0.3 is 6.09 Å². The van der Waals surface area contributed by atoms with Crippen LogP contribution in [0.1, 0.15) is 120 Å². The zero-order chi connectivity index (χ0) is 35.5. The second-order valence-corrected chi connectivity index (χ2v) is 19.3. The van der Waals surface area contributed by atoms with Crippen molar-refractivity contribution in [3.8, 4) is 0 Å². The lowest BCUT2D eigenvalue weighted by Crippen LogP contribution is -2.64. The smallest absolute Gasteiger partial charge is 0.407 e. The van der Waals surface area contributed by atoms with Gasteiger partial charge in [0.25, 0.3) is 0 Å². The summed E-state index contributed by atoms with van der Waals surface area (Å²) in [6, 6.07) is 0. The van der Waals surface area contributed by atoms with E-state index in [0.29, 0.717) is 75.0 Å². The molecule has 0 bridgehead atoms. The van der Waals surface area contributed by atoms with Crippen LogP contribution in [0.25, 0.3) is 0 Å². The third-order valence-corrected chi connectivity index (χ3v) is 15.2. The van der Waals surface area contributed by atoms with Gasteiger partial charge in [-0.3, -0.25) is 4.79 Å². The second kappa shape index (κ2) is 13.5. The molecule has 6 fully saturated rings. The van der Waals surface area contributed by atoms with E-state index in [9.17, 15) is 14.7 Å². The van der Waals surface area contributed by atoms with Crippen molar-refractivity contribution >= 4 is 12.0 Å². The first-order chi connectivity index (χ1) is 23.0. The van der Waals surface area contributed by atoms with Gasteiger partial charge in [0.1, 0.15) is 5.60 Å². The molecule has 1 saturated heterocycles. The number of fused-ring (bicyclic) bond motifs is 7. The molecule has 0 aromatic heterocycles. The van der Waals surface area contributed by atoms with Gasteiger partial charge in [-0.2, -0.15) is 0 Å². The van der Waals surface area contributed by atoms with E-state index < -0.39 is 11.7 Å². The molecular formula is C40H68N2O7. The molecule has 1 aliphatic heterocycles. The quantitative estimate of drug-likeness (QED) is 0.168. The number of rotatable bonds is 11. The molecule has 49 heavy (non-hydrogen) atoms. The number of amides is 2. The summed E-state index contributed by atoms with van der Waals surface area (Å²) in [5, 5.41) is 17.1. The van der Waals surface area contributed by atoms with E-state index in [4.69, 9.17) is 18.9 Å². The molecule has 6 rings (SSSR count). The molecule has 0 aromatic carbocycles. The number of hydrogen-bond donors (Lipinski definition) is 3. The Morgan fingerprint density at radius 3 is 2.00 bits per heavy atom. The lowest BCUT2D eigenvalue weighted by molar-refractivity contribution is -0.217. The van der Waals surface area contributed by atoms with E-state index >= 15 is 0 Å². The zero-order valence-corrected chi connectivity index (χ0v) is 32.0. The van der Waals surface area contributed by atoms with Crippen molar-refractivity contribution in [2.24, 2.45) is 57.2 Å². The van der Waals surface area contributed by atoms with Gasteiger partial charge in [0.15, 0.2) is 0 Å². The summed E-state index contributed by atoms with van der Waals surface area (Å²) in [6.45, 7) is 21.1. The Bertz CT molecular complexity index is 1210. The summed E-state index contributed by atoms with van der Waals surface area (Å²) in [5.74, 6) is 3.52. The van der Waals surface area contributed by atoms with Crippen molar-refractivity contribution in [2.45, 2.75) is 137 Å². The normalized spacial score (nSPS) is 43.7. The predicted molar refractivity (Wildman–Crippen MR) is 189 cm³/mol. The number of aliphatic hydroxyl groups excluding tert-OH is 1. The molecule has 5 saturated carbocycles. The minimum absolute atomic E-state index is 0.0309. The average molecular weight is 689 g/mol. The molecule has 9 nitrogen and oxygen atoms in total. The monoisotopic (exact) mass is 689 g/mol. The maximum absolute atomic E-state index is 14.3. The maximum atomic E-state index is 14.3. The van der Waals surface area contributed by atoms with Gasteiger partial charge in [-0.1, -0.05) is 27.7 Å². The van der Waals surface area contributed by atoms with Crippen molar-refractivity contribution < 1.29 is 33.6 Å². The van der Waals surface area contributed by atoms with E-state index in [1.54, 1.807) is 0 Å². The molecule has 6 aliphatic rings. The minimum atomic E-state index is -0.522. The topological polar surface area (TPSA) is 119 Å². The average Bonchev–Trinajstić information content (AvgIpc) is 3.62. The van der Waals surface area contributed by atoms with Gasteiger partial charge in [0.2, 0.25) is 5.91 Å². The van der Waals surface area contributed by atoms with Gasteiger partial charge in [0.05, 0.1) is 50.2 Å². The molecule has 1 heterocycles. The van der Waals surface area contributed by atoms with Crippen LogP contribution in [0.15, 0.2) is 0 Å². The molecule has 5 unspecified atom stereocenters. The lowest BCUT2D eigenvalue weighted by atomic mass is 9.36. The standard InChI is InChI=1S/C40H68N2O7/c1-35(2,3)49-34(45)42-20-22-47-24-23-46-21-19-41-33(44)40-17-11-27-26(32(40)28(12-18-40)39(8)25-48-39)9-10-30-37(27,6)15-13-29-36(4,5)31(43)14-16-38(29,30)7/h26-32,43H,9-25H2,1-8H3,(H,41,44)(H,42,45)/t26?,27?,28?,29?,30?,31-,32-,37+,38+,39-,40-/m1/s1. The first-order valence-electron chi connectivity index (χ1n) is 19.7. The summed E-state index contributed by atoms with van der Waals surface area (Å²) >= 11 is 0. The summed E-state index contributed by atoms with van der Waals surface area (Å²) < 4.78 is 22.8. The molecule has 0 aromatic rings. The van der Waals surface area contributed by atoms with E-state index in [0.717, 1.165) is 45.1 Å². The number of carbonyl (C=O) groups is 2. The number of ether oxygens (including phenoxy) is 4. The number of nitrogens with one attached hydrogen (secondary N) is 2. The summed E-state index contributed by atoms with van der Waals surface area (Å²) in [6.07, 6.45) is 10.5. The molecule has 0 radical (unpaired) electrons. The van der Waals surface area contributed by atoms with Gasteiger partial charge in [-0.05, 0) is 144 Å². The maximum Gasteiger partial charge on any atom is 0.407 e. The third-order valence-electron chi connectivity index (χ3n) is 15.2. The first kappa shape index (κ1) is 37.3. The molecule has 0 spiro atoms. The molecule has 9 heteroatoms. The van der Waals surface area contributed by atoms with Crippen LogP contribution in [0.4, 0.5) is 4.79 Å². The number of epoxide rings is 1. The molecule has 280 valence electrons. The van der Waals surface area contributed by atoms with Crippen LogP contribution in [0, 0.1) is 57.2 Å². The number of hydrogen-bond acceptors (Lipinski definition) is 7. The van der Waals surface area contributed by atoms with E-state index in [-0.39, 0.29) is 39.3 Å². The molecule has 11 atom stereocenters. The Hall–Kier alpha value is -1.42. The first-order valence-corrected chi connectivity index (χ1v) is 19.7. The largest absolute Gasteiger partial charge is 0.444 e. The van der Waals surface area contributed by atoms with Crippen molar-refractivity contribution in [2.75, 3.05) is 46.1 Å². The Morgan fingerprint density at radius 2 is 1.37 bits per heavy atom. The SMILES string of the molecule is CC(C)(C)OC(=O)NCCOCCOCCNC(=O)[C@@]12CCC3C(CCC4[C@@]3(C)CCC3C(C)(C)[C@H](O)CC[C@@]34C)[C@@H]1C([C@@]1(C)CO1)CC2. The van der Waals surface area contributed by atoms with Gasteiger partial charge in [-0.25, -0.2) is 4.79 Å². The van der Waals surface area contributed by atoms with Crippen molar-refractivity contribution in [3.63, 3.8) is 0 Å². The van der Waals surface area contributed by atoms with E-state index in [1.165, 1.54) is 25.7 Å². The minimum Gasteiger partial charge on any atom is -0.444 e. The fraction of sp³-hybridized carbons (Fsp3) is 0.950. The fourth-order valence-electron chi connectivity index (χ4n) is 12.9. The molecule has 2 amide bonds. The number of alkyl carbamates (subject to hydrolysis) is 1. The van der Waals surface area contributed by atoms with Crippen molar-refractivity contribution in [3.05, 3.63) is 0 Å². The van der Waals surface area contributed by atoms with Crippen LogP contribution in [0.3, 0.4) is 0 Å². The summed E-state index contributed by atoms with van der Waals surface area (Å²) in [7, 11) is 0. The van der Waals surface area contributed by atoms with E-state index in [1.807, 2.05) is 20.8 Å².